The van der Waals surface area contributed by atoms with Crippen molar-refractivity contribution in [2.75, 3.05) is 18.2 Å². The number of nitrogens with zero attached hydrogens (tertiary/aromatic N) is 3. The van der Waals surface area contributed by atoms with Crippen molar-refractivity contribution < 1.29 is 14.3 Å². The molecule has 2 amide bonds. The molecular formula is C21H29N5O3S. The lowest BCUT2D eigenvalue weighted by Gasteiger charge is -2.29. The molecule has 2 N–H and O–H groups in total. The summed E-state index contributed by atoms with van der Waals surface area (Å²) in [6.07, 6.45) is 4.71. The van der Waals surface area contributed by atoms with Gasteiger partial charge in [0.15, 0.2) is 5.16 Å². The highest BCUT2D eigenvalue weighted by molar-refractivity contribution is 7.99. The van der Waals surface area contributed by atoms with Crippen LogP contribution in [0.5, 0.6) is 5.75 Å². The summed E-state index contributed by atoms with van der Waals surface area (Å²) < 4.78 is 7.00. The van der Waals surface area contributed by atoms with E-state index < -0.39 is 0 Å². The van der Waals surface area contributed by atoms with Gasteiger partial charge in [-0.2, -0.15) is 0 Å². The third-order valence-corrected chi connectivity index (χ3v) is 6.44. The average Bonchev–Trinajstić information content (AvgIpc) is 3.08. The molecule has 1 aromatic carbocycles. The molecule has 3 rings (SSSR count). The van der Waals surface area contributed by atoms with Crippen LogP contribution < -0.4 is 15.4 Å². The summed E-state index contributed by atoms with van der Waals surface area (Å²) in [5, 5.41) is 14.8. The minimum Gasteiger partial charge on any atom is -0.495 e. The quantitative estimate of drug-likeness (QED) is 0.624. The lowest BCUT2D eigenvalue weighted by atomic mass is 9.86. The zero-order valence-electron chi connectivity index (χ0n) is 17.7. The molecule has 162 valence electrons. The molecule has 1 heterocycles. The third kappa shape index (κ3) is 5.75. The molecule has 2 atom stereocenters. The number of benzene rings is 1. The van der Waals surface area contributed by atoms with E-state index in [-0.39, 0.29) is 30.0 Å². The summed E-state index contributed by atoms with van der Waals surface area (Å²) >= 11 is 1.33. The molecule has 2 aromatic rings. The highest BCUT2D eigenvalue weighted by Crippen LogP contribution is 2.25. The van der Waals surface area contributed by atoms with Crippen LogP contribution in [-0.2, 0) is 23.1 Å². The molecule has 1 aromatic heterocycles. The van der Waals surface area contributed by atoms with E-state index in [1.54, 1.807) is 30.9 Å². The Morgan fingerprint density at radius 3 is 2.73 bits per heavy atom. The number of aromatic nitrogens is 3. The maximum atomic E-state index is 12.4. The van der Waals surface area contributed by atoms with E-state index in [0.29, 0.717) is 28.3 Å². The Labute approximate surface area is 181 Å². The predicted octanol–water partition coefficient (Wildman–Crippen LogP) is 2.79. The first-order valence-corrected chi connectivity index (χ1v) is 11.2. The smallest absolute Gasteiger partial charge is 0.232 e. The fourth-order valence-corrected chi connectivity index (χ4v) is 4.36. The van der Waals surface area contributed by atoms with Gasteiger partial charge in [0.05, 0.1) is 25.0 Å². The second-order valence-corrected chi connectivity index (χ2v) is 8.55. The zero-order chi connectivity index (χ0) is 21.5. The van der Waals surface area contributed by atoms with Gasteiger partial charge < -0.3 is 19.9 Å². The SMILES string of the molecule is COc1ccccc1NC(=O)Cc1nnc(SCC(=O)N[C@H]2CCCC[C@@H]2C)n1C. The lowest BCUT2D eigenvalue weighted by molar-refractivity contribution is -0.120. The van der Waals surface area contributed by atoms with Crippen LogP contribution >= 0.6 is 11.8 Å². The van der Waals surface area contributed by atoms with E-state index >= 15 is 0 Å². The highest BCUT2D eigenvalue weighted by atomic mass is 32.2. The second kappa shape index (κ2) is 10.5. The maximum absolute atomic E-state index is 12.4. The van der Waals surface area contributed by atoms with Gasteiger partial charge in [-0.05, 0) is 30.9 Å². The maximum Gasteiger partial charge on any atom is 0.232 e. The van der Waals surface area contributed by atoms with Gasteiger partial charge in [0.1, 0.15) is 11.6 Å². The number of hydrogen-bond donors (Lipinski definition) is 2. The molecular weight excluding hydrogens is 402 g/mol. The van der Waals surface area contributed by atoms with Crippen molar-refractivity contribution in [2.45, 2.75) is 50.2 Å². The van der Waals surface area contributed by atoms with Crippen LogP contribution in [0.25, 0.3) is 0 Å². The number of para-hydroxylation sites is 2. The molecule has 0 radical (unpaired) electrons. The van der Waals surface area contributed by atoms with E-state index in [1.807, 2.05) is 12.1 Å². The Morgan fingerprint density at radius 1 is 1.20 bits per heavy atom. The van der Waals surface area contributed by atoms with E-state index in [2.05, 4.69) is 27.8 Å². The van der Waals surface area contributed by atoms with Crippen molar-refractivity contribution >= 4 is 29.3 Å². The summed E-state index contributed by atoms with van der Waals surface area (Å²) in [5.41, 5.74) is 0.607. The Morgan fingerprint density at radius 2 is 1.97 bits per heavy atom. The van der Waals surface area contributed by atoms with Gasteiger partial charge >= 0.3 is 0 Å². The second-order valence-electron chi connectivity index (χ2n) is 7.61. The topological polar surface area (TPSA) is 98.1 Å². The minimum absolute atomic E-state index is 0.0113. The van der Waals surface area contributed by atoms with Crippen molar-refractivity contribution in [1.29, 1.82) is 0 Å². The monoisotopic (exact) mass is 431 g/mol. The van der Waals surface area contributed by atoms with Crippen molar-refractivity contribution in [3.8, 4) is 5.75 Å². The fourth-order valence-electron chi connectivity index (χ4n) is 3.62. The van der Waals surface area contributed by atoms with Crippen LogP contribution in [0.1, 0.15) is 38.4 Å². The number of carbonyl (C=O) groups excluding carboxylic acids is 2. The summed E-state index contributed by atoms with van der Waals surface area (Å²) in [6.45, 7) is 2.20. The van der Waals surface area contributed by atoms with Crippen LogP contribution in [0.3, 0.4) is 0 Å². The van der Waals surface area contributed by atoms with Crippen molar-refractivity contribution in [2.24, 2.45) is 13.0 Å². The van der Waals surface area contributed by atoms with Gasteiger partial charge in [-0.1, -0.05) is 43.7 Å². The Kier molecular flexibility index (Phi) is 7.73. The number of amides is 2. The number of rotatable bonds is 8. The first-order chi connectivity index (χ1) is 14.5. The predicted molar refractivity (Wildman–Crippen MR) is 117 cm³/mol. The lowest BCUT2D eigenvalue weighted by Crippen LogP contribution is -2.41. The standard InChI is InChI=1S/C21H29N5O3S/c1-14-8-4-5-9-15(14)22-20(28)13-30-21-25-24-18(26(21)2)12-19(27)23-16-10-6-7-11-17(16)29-3/h6-7,10-11,14-15H,4-5,8-9,12-13H2,1-3H3,(H,22,28)(H,23,27)/t14-,15-/m0/s1. The number of methoxy groups -OCH3 is 1. The highest BCUT2D eigenvalue weighted by Gasteiger charge is 2.23. The van der Waals surface area contributed by atoms with Crippen LogP contribution in [0.2, 0.25) is 0 Å². The van der Waals surface area contributed by atoms with Crippen LogP contribution in [-0.4, -0.2) is 45.5 Å². The molecule has 30 heavy (non-hydrogen) atoms. The molecule has 0 spiro atoms. The number of carbonyl (C=O) groups is 2. The average molecular weight is 432 g/mol. The van der Waals surface area contributed by atoms with Gasteiger partial charge in [-0.3, -0.25) is 9.59 Å². The molecule has 1 aliphatic rings. The minimum atomic E-state index is -0.212. The number of nitrogens with one attached hydrogen (secondary N) is 2. The van der Waals surface area contributed by atoms with E-state index in [1.165, 1.54) is 31.0 Å². The number of ether oxygens (including phenoxy) is 1. The molecule has 0 unspecified atom stereocenters. The number of anilines is 1. The molecule has 0 aliphatic heterocycles. The molecule has 1 fully saturated rings. The van der Waals surface area contributed by atoms with Gasteiger partial charge in [0.2, 0.25) is 11.8 Å². The van der Waals surface area contributed by atoms with Gasteiger partial charge in [0, 0.05) is 13.1 Å². The molecule has 1 aliphatic carbocycles. The van der Waals surface area contributed by atoms with Crippen LogP contribution in [0.15, 0.2) is 29.4 Å². The van der Waals surface area contributed by atoms with Gasteiger partial charge in [0.25, 0.3) is 0 Å². The Balaban J connectivity index is 1.51. The zero-order valence-corrected chi connectivity index (χ0v) is 18.5. The summed E-state index contributed by atoms with van der Waals surface area (Å²) in [4.78, 5) is 24.7. The molecule has 0 saturated heterocycles. The number of hydrogen-bond acceptors (Lipinski definition) is 6. The van der Waals surface area contributed by atoms with Crippen LogP contribution in [0.4, 0.5) is 5.69 Å². The first-order valence-electron chi connectivity index (χ1n) is 10.2. The third-order valence-electron chi connectivity index (χ3n) is 5.42. The van der Waals surface area contributed by atoms with E-state index in [0.717, 1.165) is 6.42 Å². The number of thioether (sulfide) groups is 1. The van der Waals surface area contributed by atoms with Crippen molar-refractivity contribution in [3.63, 3.8) is 0 Å². The Hall–Kier alpha value is -2.55. The van der Waals surface area contributed by atoms with Crippen molar-refractivity contribution in [1.82, 2.24) is 20.1 Å². The molecule has 8 nitrogen and oxygen atoms in total. The summed E-state index contributed by atoms with van der Waals surface area (Å²) in [6, 6.07) is 7.49. The molecule has 0 bridgehead atoms. The summed E-state index contributed by atoms with van der Waals surface area (Å²) in [5.74, 6) is 1.73. The molecule has 9 heteroatoms. The van der Waals surface area contributed by atoms with Gasteiger partial charge in [-0.25, -0.2) is 0 Å². The van der Waals surface area contributed by atoms with Gasteiger partial charge in [-0.15, -0.1) is 10.2 Å². The van der Waals surface area contributed by atoms with Crippen LogP contribution in [0, 0.1) is 5.92 Å². The van der Waals surface area contributed by atoms with E-state index in [4.69, 9.17) is 4.74 Å². The fraction of sp³-hybridized carbons (Fsp3) is 0.524. The normalized spacial score (nSPS) is 18.6. The first kappa shape index (κ1) is 22.1. The van der Waals surface area contributed by atoms with E-state index in [9.17, 15) is 9.59 Å². The van der Waals surface area contributed by atoms with Crippen molar-refractivity contribution in [3.05, 3.63) is 30.1 Å². The largest absolute Gasteiger partial charge is 0.495 e. The summed E-state index contributed by atoms with van der Waals surface area (Å²) in [7, 11) is 3.36. The molecule has 1 saturated carbocycles. The Bertz CT molecular complexity index is 885.